The molecule has 2 amide bonds. The summed E-state index contributed by atoms with van der Waals surface area (Å²) in [5, 5.41) is 7.56. The molecular weight excluding hydrogens is 414 g/mol. The molecule has 3 heterocycles. The van der Waals surface area contributed by atoms with Crippen LogP contribution in [0.3, 0.4) is 0 Å². The molecule has 0 spiro atoms. The number of aryl methyl sites for hydroxylation is 1. The monoisotopic (exact) mass is 449 g/mol. The molecule has 2 aromatic heterocycles. The maximum Gasteiger partial charge on any atom is 0.274 e. The molecule has 1 aliphatic heterocycles. The molecule has 0 radical (unpaired) electrons. The maximum atomic E-state index is 13.1. The molecule has 1 atom stereocenters. The summed E-state index contributed by atoms with van der Waals surface area (Å²) in [5.74, 6) is 0.567. The summed E-state index contributed by atoms with van der Waals surface area (Å²) in [6.45, 7) is 8.60. The highest BCUT2D eigenvalue weighted by molar-refractivity contribution is 6.02. The first-order chi connectivity index (χ1) is 15.4. The summed E-state index contributed by atoms with van der Waals surface area (Å²) in [7, 11) is 0. The van der Waals surface area contributed by atoms with Crippen molar-refractivity contribution in [1.82, 2.24) is 26.0 Å². The Morgan fingerprint density at radius 2 is 1.79 bits per heavy atom. The summed E-state index contributed by atoms with van der Waals surface area (Å²) in [4.78, 5) is 27.7. The van der Waals surface area contributed by atoms with E-state index < -0.39 is 0 Å². The Morgan fingerprint density at radius 1 is 1.09 bits per heavy atom. The standard InChI is InChI=1S/C26H32N4O2.H3N/c1-18(2)15-21(20-10-8-19(3)9-11-20)17-27-25(31)22-7-6-14-30-24(22)16-23(28-30)26(32)29-12-4-5-13-29;/h6-11,14,16,18,21H,4-5,12-13,15,17H2,1-3H3,(H,27,31);1H3. The van der Waals surface area contributed by atoms with Gasteiger partial charge in [-0.1, -0.05) is 43.7 Å². The van der Waals surface area contributed by atoms with E-state index in [0.717, 1.165) is 32.4 Å². The van der Waals surface area contributed by atoms with Crippen molar-refractivity contribution in [1.29, 1.82) is 0 Å². The lowest BCUT2D eigenvalue weighted by Crippen LogP contribution is -2.29. The van der Waals surface area contributed by atoms with Crippen molar-refractivity contribution in [2.75, 3.05) is 19.6 Å². The van der Waals surface area contributed by atoms with Crippen LogP contribution in [-0.2, 0) is 0 Å². The Bertz CT molecular complexity index is 1100. The summed E-state index contributed by atoms with van der Waals surface area (Å²) in [6.07, 6.45) is 4.84. The molecule has 0 bridgehead atoms. The van der Waals surface area contributed by atoms with Crippen LogP contribution in [0.25, 0.3) is 5.52 Å². The molecule has 1 aromatic carbocycles. The zero-order valence-electron chi connectivity index (χ0n) is 19.9. The van der Waals surface area contributed by atoms with Crippen molar-refractivity contribution in [3.63, 3.8) is 0 Å². The number of rotatable bonds is 7. The highest BCUT2D eigenvalue weighted by Crippen LogP contribution is 2.24. The van der Waals surface area contributed by atoms with Gasteiger partial charge >= 0.3 is 0 Å². The Labute approximate surface area is 195 Å². The number of carbonyl (C=O) groups is 2. The van der Waals surface area contributed by atoms with Gasteiger partial charge in [0.15, 0.2) is 5.69 Å². The number of benzene rings is 1. The average Bonchev–Trinajstić information content (AvgIpc) is 3.46. The summed E-state index contributed by atoms with van der Waals surface area (Å²) < 4.78 is 1.63. The van der Waals surface area contributed by atoms with Crippen molar-refractivity contribution in [3.8, 4) is 0 Å². The first-order valence-corrected chi connectivity index (χ1v) is 11.5. The minimum Gasteiger partial charge on any atom is -0.351 e. The van der Waals surface area contributed by atoms with Gasteiger partial charge in [0.2, 0.25) is 0 Å². The van der Waals surface area contributed by atoms with Crippen molar-refractivity contribution in [2.24, 2.45) is 5.92 Å². The largest absolute Gasteiger partial charge is 0.351 e. The van der Waals surface area contributed by atoms with Crippen LogP contribution in [0.1, 0.15) is 71.0 Å². The molecule has 0 saturated carbocycles. The zero-order chi connectivity index (χ0) is 22.7. The lowest BCUT2D eigenvalue weighted by molar-refractivity contribution is 0.0786. The molecule has 33 heavy (non-hydrogen) atoms. The maximum absolute atomic E-state index is 13.1. The minimum atomic E-state index is -0.142. The van der Waals surface area contributed by atoms with Crippen LogP contribution in [-0.4, -0.2) is 46.0 Å². The first kappa shape index (κ1) is 24.5. The van der Waals surface area contributed by atoms with Gasteiger partial charge in [-0.15, -0.1) is 0 Å². The number of carbonyl (C=O) groups excluding carboxylic acids is 2. The number of fused-ring (bicyclic) bond motifs is 1. The second-order valence-electron chi connectivity index (χ2n) is 9.23. The summed E-state index contributed by atoms with van der Waals surface area (Å²) >= 11 is 0. The SMILES string of the molecule is Cc1ccc(C(CNC(=O)c2cccn3nc(C(=O)N4CCCC4)cc23)CC(C)C)cc1.N. The second kappa shape index (κ2) is 10.6. The predicted octanol–water partition coefficient (Wildman–Crippen LogP) is 4.60. The van der Waals surface area contributed by atoms with Gasteiger partial charge in [-0.2, -0.15) is 5.10 Å². The van der Waals surface area contributed by atoms with Crippen LogP contribution in [0.15, 0.2) is 48.7 Å². The quantitative estimate of drug-likeness (QED) is 0.550. The molecule has 1 aliphatic rings. The van der Waals surface area contributed by atoms with Crippen LogP contribution in [0.4, 0.5) is 0 Å². The normalized spacial score (nSPS) is 14.4. The van der Waals surface area contributed by atoms with Crippen LogP contribution in [0.5, 0.6) is 0 Å². The zero-order valence-corrected chi connectivity index (χ0v) is 19.9. The summed E-state index contributed by atoms with van der Waals surface area (Å²) in [5.41, 5.74) is 4.05. The van der Waals surface area contributed by atoms with Gasteiger partial charge in [-0.25, -0.2) is 4.52 Å². The van der Waals surface area contributed by atoms with E-state index in [1.807, 2.05) is 4.90 Å². The Morgan fingerprint density at radius 3 is 2.45 bits per heavy atom. The van der Waals surface area contributed by atoms with E-state index in [1.54, 1.807) is 28.9 Å². The van der Waals surface area contributed by atoms with E-state index in [1.165, 1.54) is 11.1 Å². The molecule has 1 fully saturated rings. The molecule has 1 unspecified atom stereocenters. The van der Waals surface area contributed by atoms with Crippen molar-refractivity contribution >= 4 is 17.3 Å². The highest BCUT2D eigenvalue weighted by atomic mass is 16.2. The molecule has 4 N–H and O–H groups in total. The fourth-order valence-electron chi connectivity index (χ4n) is 4.45. The van der Waals surface area contributed by atoms with Crippen LogP contribution in [0.2, 0.25) is 0 Å². The van der Waals surface area contributed by atoms with E-state index in [0.29, 0.717) is 29.2 Å². The van der Waals surface area contributed by atoms with Gasteiger partial charge in [0.05, 0.1) is 11.1 Å². The number of aromatic nitrogens is 2. The fourth-order valence-corrected chi connectivity index (χ4v) is 4.45. The molecule has 0 aliphatic carbocycles. The second-order valence-corrected chi connectivity index (χ2v) is 9.23. The third kappa shape index (κ3) is 5.60. The fraction of sp³-hybridized carbons (Fsp3) is 0.423. The number of hydrogen-bond donors (Lipinski definition) is 2. The van der Waals surface area contributed by atoms with E-state index in [4.69, 9.17) is 0 Å². The Kier molecular flexibility index (Phi) is 7.87. The number of likely N-dealkylation sites (tertiary alicyclic amines) is 1. The highest BCUT2D eigenvalue weighted by Gasteiger charge is 2.23. The van der Waals surface area contributed by atoms with Gasteiger partial charge in [-0.05, 0) is 55.9 Å². The third-order valence-electron chi connectivity index (χ3n) is 6.17. The van der Waals surface area contributed by atoms with Gasteiger partial charge in [-0.3, -0.25) is 9.59 Å². The first-order valence-electron chi connectivity index (χ1n) is 11.5. The van der Waals surface area contributed by atoms with Crippen molar-refractivity contribution in [2.45, 2.75) is 46.0 Å². The van der Waals surface area contributed by atoms with Gasteiger partial charge in [0.1, 0.15) is 0 Å². The molecule has 4 rings (SSSR count). The van der Waals surface area contributed by atoms with E-state index in [2.05, 4.69) is 55.5 Å². The van der Waals surface area contributed by atoms with E-state index >= 15 is 0 Å². The van der Waals surface area contributed by atoms with E-state index in [-0.39, 0.29) is 23.9 Å². The third-order valence-corrected chi connectivity index (χ3v) is 6.17. The minimum absolute atomic E-state index is 0. The molecule has 3 aromatic rings. The number of amides is 2. The Hall–Kier alpha value is -3.19. The topological polar surface area (TPSA) is 102 Å². The van der Waals surface area contributed by atoms with Gasteiger partial charge < -0.3 is 16.4 Å². The number of nitrogens with zero attached hydrogens (tertiary/aromatic N) is 3. The van der Waals surface area contributed by atoms with Crippen molar-refractivity contribution in [3.05, 3.63) is 71.0 Å². The number of nitrogens with one attached hydrogen (secondary N) is 1. The average molecular weight is 450 g/mol. The molecule has 7 nitrogen and oxygen atoms in total. The van der Waals surface area contributed by atoms with Crippen LogP contribution >= 0.6 is 0 Å². The van der Waals surface area contributed by atoms with Crippen molar-refractivity contribution < 1.29 is 9.59 Å². The lowest BCUT2D eigenvalue weighted by atomic mass is 9.89. The van der Waals surface area contributed by atoms with Crippen LogP contribution < -0.4 is 11.5 Å². The Balaban J connectivity index is 0.00000306. The molecule has 1 saturated heterocycles. The molecule has 7 heteroatoms. The molecule has 176 valence electrons. The van der Waals surface area contributed by atoms with Gasteiger partial charge in [0, 0.05) is 31.7 Å². The van der Waals surface area contributed by atoms with E-state index in [9.17, 15) is 9.59 Å². The number of hydrogen-bond acceptors (Lipinski definition) is 4. The summed E-state index contributed by atoms with van der Waals surface area (Å²) in [6, 6.07) is 13.9. The van der Waals surface area contributed by atoms with Gasteiger partial charge in [0.25, 0.3) is 11.8 Å². The smallest absolute Gasteiger partial charge is 0.274 e. The number of pyridine rings is 1. The lowest BCUT2D eigenvalue weighted by Gasteiger charge is -2.20. The van der Waals surface area contributed by atoms with Crippen LogP contribution in [0, 0.1) is 12.8 Å². The predicted molar refractivity (Wildman–Crippen MR) is 131 cm³/mol. The molecular formula is C26H35N5O2.